The molecule has 0 fully saturated rings. The van der Waals surface area contributed by atoms with Gasteiger partial charge in [-0.05, 0) is 18.3 Å². The fourth-order valence-electron chi connectivity index (χ4n) is 1.55. The van der Waals surface area contributed by atoms with Gasteiger partial charge in [-0.3, -0.25) is 4.79 Å². The summed E-state index contributed by atoms with van der Waals surface area (Å²) in [7, 11) is 0. The minimum absolute atomic E-state index is 0.0989. The molecule has 2 nitrogen and oxygen atoms in total. The Labute approximate surface area is 107 Å². The third-order valence-corrected chi connectivity index (χ3v) is 2.85. The summed E-state index contributed by atoms with van der Waals surface area (Å²) in [6, 6.07) is 0. The lowest BCUT2D eigenvalue weighted by Crippen LogP contribution is -2.15. The van der Waals surface area contributed by atoms with E-state index in [0.29, 0.717) is 12.0 Å². The first-order valence-corrected chi connectivity index (χ1v) is 6.93. The molecule has 2 heteroatoms. The van der Waals surface area contributed by atoms with Crippen LogP contribution in [0.5, 0.6) is 0 Å². The fraction of sp³-hybridized carbons (Fsp3) is 0.933. The molecule has 0 heterocycles. The van der Waals surface area contributed by atoms with Crippen LogP contribution in [0.25, 0.3) is 0 Å². The van der Waals surface area contributed by atoms with E-state index in [9.17, 15) is 4.79 Å². The molecule has 0 aliphatic carbocycles. The predicted molar refractivity (Wildman–Crippen MR) is 73.2 cm³/mol. The molecule has 0 saturated heterocycles. The van der Waals surface area contributed by atoms with Crippen molar-refractivity contribution in [2.24, 2.45) is 11.3 Å². The highest BCUT2D eigenvalue weighted by Gasteiger charge is 2.09. The van der Waals surface area contributed by atoms with Gasteiger partial charge in [0.15, 0.2) is 5.78 Å². The van der Waals surface area contributed by atoms with Crippen molar-refractivity contribution in [1.82, 2.24) is 0 Å². The van der Waals surface area contributed by atoms with Gasteiger partial charge < -0.3 is 4.74 Å². The van der Waals surface area contributed by atoms with E-state index in [2.05, 4.69) is 20.8 Å². The van der Waals surface area contributed by atoms with Gasteiger partial charge in [0, 0.05) is 12.5 Å². The van der Waals surface area contributed by atoms with Crippen molar-refractivity contribution in [1.29, 1.82) is 0 Å². The highest BCUT2D eigenvalue weighted by atomic mass is 16.5. The van der Waals surface area contributed by atoms with Gasteiger partial charge >= 0.3 is 0 Å². The third-order valence-electron chi connectivity index (χ3n) is 2.85. The number of rotatable bonds is 9. The Morgan fingerprint density at radius 2 is 1.65 bits per heavy atom. The lowest BCUT2D eigenvalue weighted by Gasteiger charge is -2.17. The largest absolute Gasteiger partial charge is 0.374 e. The molecule has 0 radical (unpaired) electrons. The van der Waals surface area contributed by atoms with Crippen LogP contribution in [0.1, 0.15) is 66.7 Å². The highest BCUT2D eigenvalue weighted by Crippen LogP contribution is 2.22. The number of Topliss-reactive ketones (excluding diaryl/α,β-unsaturated/α-hetero) is 1. The summed E-state index contributed by atoms with van der Waals surface area (Å²) in [5.74, 6) is 0.305. The quantitative estimate of drug-likeness (QED) is 0.566. The molecular weight excluding hydrogens is 212 g/mol. The minimum Gasteiger partial charge on any atom is -0.374 e. The van der Waals surface area contributed by atoms with Crippen LogP contribution in [0.3, 0.4) is 0 Å². The zero-order valence-electron chi connectivity index (χ0n) is 12.3. The average molecular weight is 242 g/mol. The van der Waals surface area contributed by atoms with E-state index in [0.717, 1.165) is 13.0 Å². The second-order valence-electron chi connectivity index (χ2n) is 6.40. The monoisotopic (exact) mass is 242 g/mol. The van der Waals surface area contributed by atoms with Crippen LogP contribution in [0, 0.1) is 11.3 Å². The van der Waals surface area contributed by atoms with E-state index in [1.807, 2.05) is 13.8 Å². The van der Waals surface area contributed by atoms with Crippen LogP contribution < -0.4 is 0 Å². The van der Waals surface area contributed by atoms with Crippen molar-refractivity contribution in [2.45, 2.75) is 66.7 Å². The summed E-state index contributed by atoms with van der Waals surface area (Å²) >= 11 is 0. The van der Waals surface area contributed by atoms with Crippen molar-refractivity contribution < 1.29 is 9.53 Å². The summed E-state index contributed by atoms with van der Waals surface area (Å²) in [6.45, 7) is 11.7. The number of hydrogen-bond donors (Lipinski definition) is 0. The van der Waals surface area contributed by atoms with Crippen molar-refractivity contribution >= 4 is 5.78 Å². The van der Waals surface area contributed by atoms with Crippen LogP contribution >= 0.6 is 0 Å². The predicted octanol–water partition coefficient (Wildman–Crippen LogP) is 4.22. The lowest BCUT2D eigenvalue weighted by molar-refractivity contribution is -0.126. The molecule has 0 N–H and O–H groups in total. The smallest absolute Gasteiger partial charge is 0.160 e. The van der Waals surface area contributed by atoms with E-state index < -0.39 is 0 Å². The minimum atomic E-state index is 0.0989. The molecular formula is C15H30O2. The Kier molecular flexibility index (Phi) is 8.49. The van der Waals surface area contributed by atoms with Gasteiger partial charge in [0.2, 0.25) is 0 Å². The maximum absolute atomic E-state index is 11.3. The molecule has 0 aromatic carbocycles. The topological polar surface area (TPSA) is 26.3 Å². The number of ketones is 1. The van der Waals surface area contributed by atoms with E-state index in [-0.39, 0.29) is 11.7 Å². The molecule has 0 rings (SSSR count). The number of carbonyl (C=O) groups excluding carboxylic acids is 1. The van der Waals surface area contributed by atoms with Crippen molar-refractivity contribution in [3.05, 3.63) is 0 Å². The summed E-state index contributed by atoms with van der Waals surface area (Å²) in [6.07, 6.45) is 6.16. The molecule has 0 unspecified atom stereocenters. The van der Waals surface area contributed by atoms with E-state index >= 15 is 0 Å². The summed E-state index contributed by atoms with van der Waals surface area (Å²) in [5, 5.41) is 0. The Hall–Kier alpha value is -0.370. The van der Waals surface area contributed by atoms with Gasteiger partial charge in [-0.15, -0.1) is 0 Å². The van der Waals surface area contributed by atoms with E-state index in [4.69, 9.17) is 4.74 Å². The Balaban J connectivity index is 3.22. The van der Waals surface area contributed by atoms with Crippen LogP contribution in [0.2, 0.25) is 0 Å². The van der Waals surface area contributed by atoms with Crippen LogP contribution in [0.4, 0.5) is 0 Å². The van der Waals surface area contributed by atoms with Crippen LogP contribution in [-0.2, 0) is 9.53 Å². The van der Waals surface area contributed by atoms with Crippen molar-refractivity contribution in [3.8, 4) is 0 Å². The van der Waals surface area contributed by atoms with Gasteiger partial charge in [-0.1, -0.05) is 53.9 Å². The van der Waals surface area contributed by atoms with E-state index in [1.165, 1.54) is 25.7 Å². The third kappa shape index (κ3) is 11.9. The first-order valence-electron chi connectivity index (χ1n) is 6.93. The number of hydrogen-bond acceptors (Lipinski definition) is 2. The molecule has 0 amide bonds. The molecule has 0 saturated carbocycles. The molecule has 0 aromatic rings. The average Bonchev–Trinajstić information content (AvgIpc) is 2.19. The first kappa shape index (κ1) is 16.6. The second kappa shape index (κ2) is 8.68. The Bertz CT molecular complexity index is 201. The highest BCUT2D eigenvalue weighted by molar-refractivity contribution is 5.81. The molecule has 0 aromatic heterocycles. The van der Waals surface area contributed by atoms with Gasteiger partial charge in [0.1, 0.15) is 6.61 Å². The first-order chi connectivity index (χ1) is 7.83. The molecule has 17 heavy (non-hydrogen) atoms. The molecule has 0 bridgehead atoms. The zero-order valence-corrected chi connectivity index (χ0v) is 12.3. The van der Waals surface area contributed by atoms with Crippen LogP contribution in [0.15, 0.2) is 0 Å². The summed E-state index contributed by atoms with van der Waals surface area (Å²) in [4.78, 5) is 11.3. The lowest BCUT2D eigenvalue weighted by atomic mass is 9.89. The molecule has 0 atom stereocenters. The maximum Gasteiger partial charge on any atom is 0.160 e. The van der Waals surface area contributed by atoms with Crippen molar-refractivity contribution in [2.75, 3.05) is 13.2 Å². The number of ether oxygens (including phenoxy) is 1. The standard InChI is InChI=1S/C15H30O2/c1-13(2)14(16)12-17-11-9-7-6-8-10-15(3,4)5/h13H,6-12H2,1-5H3. The second-order valence-corrected chi connectivity index (χ2v) is 6.40. The van der Waals surface area contributed by atoms with Crippen LogP contribution in [-0.4, -0.2) is 19.0 Å². The zero-order chi connectivity index (χ0) is 13.3. The summed E-state index contributed by atoms with van der Waals surface area (Å²) < 4.78 is 5.35. The van der Waals surface area contributed by atoms with E-state index in [1.54, 1.807) is 0 Å². The molecule has 102 valence electrons. The van der Waals surface area contributed by atoms with Gasteiger partial charge in [-0.2, -0.15) is 0 Å². The number of carbonyl (C=O) groups is 1. The molecule has 0 spiro atoms. The molecule has 0 aliphatic rings. The normalized spacial score (nSPS) is 12.1. The fourth-order valence-corrected chi connectivity index (χ4v) is 1.55. The Morgan fingerprint density at radius 1 is 1.06 bits per heavy atom. The maximum atomic E-state index is 11.3. The van der Waals surface area contributed by atoms with Gasteiger partial charge in [-0.25, -0.2) is 0 Å². The van der Waals surface area contributed by atoms with Gasteiger partial charge in [0.05, 0.1) is 0 Å². The van der Waals surface area contributed by atoms with Crippen molar-refractivity contribution in [3.63, 3.8) is 0 Å². The molecule has 0 aliphatic heterocycles. The number of unbranched alkanes of at least 4 members (excludes halogenated alkanes) is 3. The SMILES string of the molecule is CC(C)C(=O)COCCCCCCC(C)(C)C. The van der Waals surface area contributed by atoms with Gasteiger partial charge in [0.25, 0.3) is 0 Å². The summed E-state index contributed by atoms with van der Waals surface area (Å²) in [5.41, 5.74) is 0.459. The Morgan fingerprint density at radius 3 is 2.18 bits per heavy atom.